The van der Waals surface area contributed by atoms with Crippen molar-refractivity contribution in [1.29, 1.82) is 0 Å². The molecule has 90 valence electrons. The average Bonchev–Trinajstić information content (AvgIpc) is 2.79. The number of halogens is 3. The third-order valence-corrected chi connectivity index (χ3v) is 2.87. The number of rotatable bonds is 2. The molecular formula is C6H7F3N4O2S. The van der Waals surface area contributed by atoms with E-state index < -0.39 is 33.2 Å². The molecule has 10 heteroatoms. The van der Waals surface area contributed by atoms with Gasteiger partial charge in [-0.2, -0.15) is 13.2 Å². The van der Waals surface area contributed by atoms with Crippen LogP contribution in [0.25, 0.3) is 0 Å². The van der Waals surface area contributed by atoms with E-state index in [9.17, 15) is 21.6 Å². The second kappa shape index (κ2) is 3.17. The lowest BCUT2D eigenvalue weighted by atomic mass is 10.5. The Labute approximate surface area is 88.3 Å². The van der Waals surface area contributed by atoms with E-state index in [1.165, 1.54) is 0 Å². The Balaban J connectivity index is 2.62. The molecular weight excluding hydrogens is 249 g/mol. The number of primary sulfonamides is 1. The summed E-state index contributed by atoms with van der Waals surface area (Å²) in [4.78, 5) is 0. The van der Waals surface area contributed by atoms with Gasteiger partial charge < -0.3 is 0 Å². The molecule has 0 saturated heterocycles. The lowest BCUT2D eigenvalue weighted by Gasteiger charge is -2.09. The minimum Gasteiger partial charge on any atom is -0.290 e. The topological polar surface area (TPSA) is 90.9 Å². The first-order chi connectivity index (χ1) is 7.21. The van der Waals surface area contributed by atoms with Gasteiger partial charge in [0.25, 0.3) is 15.2 Å². The first kappa shape index (κ1) is 11.3. The molecule has 16 heavy (non-hydrogen) atoms. The van der Waals surface area contributed by atoms with Crippen LogP contribution in [0.3, 0.4) is 0 Å². The fourth-order valence-corrected chi connectivity index (χ4v) is 1.99. The molecule has 6 nitrogen and oxygen atoms in total. The van der Waals surface area contributed by atoms with Crippen molar-refractivity contribution >= 4 is 10.0 Å². The van der Waals surface area contributed by atoms with Crippen molar-refractivity contribution in [1.82, 2.24) is 14.8 Å². The molecule has 1 saturated carbocycles. The quantitative estimate of drug-likeness (QED) is 0.822. The van der Waals surface area contributed by atoms with Crippen LogP contribution in [-0.4, -0.2) is 23.2 Å². The van der Waals surface area contributed by atoms with Crippen molar-refractivity contribution in [3.63, 3.8) is 0 Å². The van der Waals surface area contributed by atoms with Crippen molar-refractivity contribution in [2.75, 3.05) is 0 Å². The highest BCUT2D eigenvalue weighted by atomic mass is 32.2. The third-order valence-electron chi connectivity index (χ3n) is 2.08. The summed E-state index contributed by atoms with van der Waals surface area (Å²) in [6, 6.07) is -0.528. The average molecular weight is 256 g/mol. The molecule has 1 aromatic rings. The van der Waals surface area contributed by atoms with Crippen LogP contribution in [0.4, 0.5) is 13.2 Å². The van der Waals surface area contributed by atoms with Gasteiger partial charge in [-0.1, -0.05) is 0 Å². The van der Waals surface area contributed by atoms with Crippen molar-refractivity contribution in [2.24, 2.45) is 5.14 Å². The van der Waals surface area contributed by atoms with Gasteiger partial charge in [0.15, 0.2) is 0 Å². The third kappa shape index (κ3) is 1.89. The summed E-state index contributed by atoms with van der Waals surface area (Å²) in [5.74, 6) is -1.32. The maximum absolute atomic E-state index is 12.5. The van der Waals surface area contributed by atoms with Crippen molar-refractivity contribution in [3.05, 3.63) is 5.82 Å². The zero-order valence-corrected chi connectivity index (χ0v) is 8.59. The molecule has 2 rings (SSSR count). The van der Waals surface area contributed by atoms with Crippen LogP contribution < -0.4 is 5.14 Å². The number of alkyl halides is 3. The van der Waals surface area contributed by atoms with Gasteiger partial charge in [-0.3, -0.25) is 4.57 Å². The lowest BCUT2D eigenvalue weighted by molar-refractivity contribution is -0.147. The maximum atomic E-state index is 12.5. The van der Waals surface area contributed by atoms with E-state index >= 15 is 0 Å². The Morgan fingerprint density at radius 1 is 1.31 bits per heavy atom. The zero-order valence-electron chi connectivity index (χ0n) is 7.77. The maximum Gasteiger partial charge on any atom is 0.451 e. The van der Waals surface area contributed by atoms with Crippen LogP contribution in [-0.2, 0) is 16.2 Å². The molecule has 0 atom stereocenters. The van der Waals surface area contributed by atoms with Crippen LogP contribution in [0.5, 0.6) is 0 Å². The molecule has 0 radical (unpaired) electrons. The van der Waals surface area contributed by atoms with E-state index in [1.807, 2.05) is 0 Å². The molecule has 1 aliphatic carbocycles. The van der Waals surface area contributed by atoms with Crippen molar-refractivity contribution in [3.8, 4) is 0 Å². The molecule has 0 unspecified atom stereocenters. The highest BCUT2D eigenvalue weighted by Crippen LogP contribution is 2.41. The van der Waals surface area contributed by atoms with E-state index in [2.05, 4.69) is 10.2 Å². The highest BCUT2D eigenvalue weighted by Gasteiger charge is 2.44. The van der Waals surface area contributed by atoms with E-state index in [4.69, 9.17) is 5.14 Å². The normalized spacial score (nSPS) is 17.8. The molecule has 1 heterocycles. The zero-order chi connectivity index (χ0) is 12.1. The van der Waals surface area contributed by atoms with Crippen LogP contribution in [0.15, 0.2) is 5.16 Å². The number of nitrogens with two attached hydrogens (primary N) is 1. The monoisotopic (exact) mass is 256 g/mol. The fraction of sp³-hybridized carbons (Fsp3) is 0.667. The molecule has 0 aliphatic heterocycles. The van der Waals surface area contributed by atoms with E-state index in [-0.39, 0.29) is 0 Å². The van der Waals surface area contributed by atoms with Crippen LogP contribution in [0.1, 0.15) is 24.7 Å². The Bertz CT molecular complexity index is 516. The number of nitrogens with zero attached hydrogens (tertiary/aromatic N) is 3. The van der Waals surface area contributed by atoms with Gasteiger partial charge in [0.05, 0.1) is 0 Å². The largest absolute Gasteiger partial charge is 0.451 e. The van der Waals surface area contributed by atoms with E-state index in [0.29, 0.717) is 17.4 Å². The number of hydrogen-bond donors (Lipinski definition) is 1. The smallest absolute Gasteiger partial charge is 0.290 e. The van der Waals surface area contributed by atoms with Crippen LogP contribution in [0.2, 0.25) is 0 Å². The SMILES string of the molecule is NS(=O)(=O)c1nnc(C(F)(F)F)n1C1CC1. The Kier molecular flexibility index (Phi) is 2.24. The van der Waals surface area contributed by atoms with Crippen LogP contribution in [0, 0.1) is 0 Å². The van der Waals surface area contributed by atoms with E-state index in [1.54, 1.807) is 0 Å². The predicted molar refractivity (Wildman–Crippen MR) is 44.7 cm³/mol. The van der Waals surface area contributed by atoms with Gasteiger partial charge in [-0.05, 0) is 12.8 Å². The Morgan fingerprint density at radius 2 is 1.88 bits per heavy atom. The summed E-state index contributed by atoms with van der Waals surface area (Å²) in [6.07, 6.45) is -3.81. The van der Waals surface area contributed by atoms with Gasteiger partial charge in [-0.25, -0.2) is 13.6 Å². The minimum absolute atomic E-state index is 0.462. The van der Waals surface area contributed by atoms with Gasteiger partial charge in [0.2, 0.25) is 5.82 Å². The predicted octanol–water partition coefficient (Wildman–Crippen LogP) is 0.279. The van der Waals surface area contributed by atoms with Gasteiger partial charge in [0, 0.05) is 6.04 Å². The highest BCUT2D eigenvalue weighted by molar-refractivity contribution is 7.89. The molecule has 0 bridgehead atoms. The summed E-state index contributed by atoms with van der Waals surface area (Å²) < 4.78 is 60.0. The number of hydrogen-bond acceptors (Lipinski definition) is 4. The molecule has 1 fully saturated rings. The summed E-state index contributed by atoms with van der Waals surface area (Å²) in [5, 5.41) is 9.77. The number of aromatic nitrogens is 3. The standard InChI is InChI=1S/C6H7F3N4O2S/c7-6(8,9)4-11-12-5(16(10,14)15)13(4)3-1-2-3/h3H,1-2H2,(H2,10,14,15). The summed E-state index contributed by atoms with van der Waals surface area (Å²) in [5.41, 5.74) is 0. The first-order valence-electron chi connectivity index (χ1n) is 4.26. The van der Waals surface area contributed by atoms with Gasteiger partial charge in [0.1, 0.15) is 0 Å². The first-order valence-corrected chi connectivity index (χ1v) is 5.81. The number of sulfonamides is 1. The summed E-state index contributed by atoms with van der Waals surface area (Å²) >= 11 is 0. The Hall–Kier alpha value is -1.16. The van der Waals surface area contributed by atoms with Gasteiger partial charge in [-0.15, -0.1) is 10.2 Å². The Morgan fingerprint density at radius 3 is 2.25 bits per heavy atom. The second-order valence-corrected chi connectivity index (χ2v) is 4.91. The van der Waals surface area contributed by atoms with Crippen molar-refractivity contribution < 1.29 is 21.6 Å². The fourth-order valence-electron chi connectivity index (χ4n) is 1.33. The molecule has 0 aromatic carbocycles. The molecule has 0 amide bonds. The minimum atomic E-state index is -4.74. The lowest BCUT2D eigenvalue weighted by Crippen LogP contribution is -2.21. The molecule has 2 N–H and O–H groups in total. The second-order valence-electron chi connectivity index (χ2n) is 3.45. The van der Waals surface area contributed by atoms with Gasteiger partial charge >= 0.3 is 6.18 Å². The molecule has 0 spiro atoms. The summed E-state index contributed by atoms with van der Waals surface area (Å²) in [6.45, 7) is 0. The van der Waals surface area contributed by atoms with Crippen molar-refractivity contribution in [2.45, 2.75) is 30.2 Å². The summed E-state index contributed by atoms with van der Waals surface area (Å²) in [7, 11) is -4.29. The van der Waals surface area contributed by atoms with Crippen LogP contribution >= 0.6 is 0 Å². The molecule has 1 aliphatic rings. The molecule has 1 aromatic heterocycles. The van der Waals surface area contributed by atoms with E-state index in [0.717, 1.165) is 0 Å².